The van der Waals surface area contributed by atoms with Crippen LogP contribution in [0.25, 0.3) is 0 Å². The third-order valence-corrected chi connectivity index (χ3v) is 3.82. The molecule has 3 nitrogen and oxygen atoms in total. The van der Waals surface area contributed by atoms with Crippen molar-refractivity contribution in [1.82, 2.24) is 14.7 Å². The predicted octanol–water partition coefficient (Wildman–Crippen LogP) is 2.14. The Labute approximate surface area is 114 Å². The van der Waals surface area contributed by atoms with Crippen LogP contribution in [0.1, 0.15) is 40.0 Å². The molecule has 0 aliphatic carbocycles. The van der Waals surface area contributed by atoms with E-state index in [1.165, 1.54) is 78.2 Å². The Morgan fingerprint density at radius 3 is 1.61 bits per heavy atom. The highest BCUT2D eigenvalue weighted by molar-refractivity contribution is 4.72. The van der Waals surface area contributed by atoms with Crippen molar-refractivity contribution in [3.63, 3.8) is 0 Å². The Morgan fingerprint density at radius 1 is 0.667 bits per heavy atom. The van der Waals surface area contributed by atoms with E-state index in [-0.39, 0.29) is 0 Å². The maximum absolute atomic E-state index is 2.64. The molecule has 1 heterocycles. The average molecular weight is 255 g/mol. The Morgan fingerprint density at radius 2 is 1.17 bits per heavy atom. The average Bonchev–Trinajstić information content (AvgIpc) is 2.38. The van der Waals surface area contributed by atoms with Gasteiger partial charge in [-0.05, 0) is 38.9 Å². The molecule has 0 unspecified atom stereocenters. The molecule has 108 valence electrons. The predicted molar refractivity (Wildman–Crippen MR) is 80.2 cm³/mol. The highest BCUT2D eigenvalue weighted by atomic mass is 15.3. The summed E-state index contributed by atoms with van der Waals surface area (Å²) in [6.45, 7) is 18.3. The van der Waals surface area contributed by atoms with Crippen LogP contribution >= 0.6 is 0 Å². The molecule has 0 N–H and O–H groups in total. The fourth-order valence-electron chi connectivity index (χ4n) is 2.80. The summed E-state index contributed by atoms with van der Waals surface area (Å²) in [5.41, 5.74) is 0. The number of hydrogen-bond acceptors (Lipinski definition) is 3. The molecule has 1 saturated heterocycles. The lowest BCUT2D eigenvalue weighted by Crippen LogP contribution is -2.48. The fourth-order valence-corrected chi connectivity index (χ4v) is 2.80. The van der Waals surface area contributed by atoms with Crippen molar-refractivity contribution >= 4 is 0 Å². The van der Waals surface area contributed by atoms with Gasteiger partial charge in [0.2, 0.25) is 0 Å². The van der Waals surface area contributed by atoms with E-state index in [4.69, 9.17) is 0 Å². The van der Waals surface area contributed by atoms with Gasteiger partial charge in [-0.15, -0.1) is 0 Å². The number of piperazine rings is 1. The lowest BCUT2D eigenvalue weighted by Gasteiger charge is -2.35. The second kappa shape index (κ2) is 9.76. The van der Waals surface area contributed by atoms with Gasteiger partial charge in [-0.25, -0.2) is 0 Å². The Balaban J connectivity index is 2.15. The summed E-state index contributed by atoms with van der Waals surface area (Å²) >= 11 is 0. The number of rotatable bonds is 9. The molecule has 0 saturated carbocycles. The van der Waals surface area contributed by atoms with Crippen LogP contribution in [-0.2, 0) is 0 Å². The van der Waals surface area contributed by atoms with E-state index in [0.29, 0.717) is 0 Å². The van der Waals surface area contributed by atoms with Gasteiger partial charge >= 0.3 is 0 Å². The van der Waals surface area contributed by atoms with Crippen LogP contribution in [0.3, 0.4) is 0 Å². The molecule has 0 amide bonds. The Bertz CT molecular complexity index is 182. The van der Waals surface area contributed by atoms with Gasteiger partial charge in [0.05, 0.1) is 0 Å². The van der Waals surface area contributed by atoms with Gasteiger partial charge in [0, 0.05) is 39.3 Å². The third-order valence-electron chi connectivity index (χ3n) is 3.82. The maximum atomic E-state index is 2.64. The van der Waals surface area contributed by atoms with Gasteiger partial charge < -0.3 is 9.80 Å². The molecule has 3 heteroatoms. The standard InChI is InChI=1S/C15H33N3/c1-4-7-16(8-5-2)10-13-18-14-11-17(9-6-3)12-15-18/h4-15H2,1-3H3. The van der Waals surface area contributed by atoms with Gasteiger partial charge in [-0.2, -0.15) is 0 Å². The van der Waals surface area contributed by atoms with E-state index >= 15 is 0 Å². The van der Waals surface area contributed by atoms with E-state index in [9.17, 15) is 0 Å². The van der Waals surface area contributed by atoms with Crippen LogP contribution in [0.15, 0.2) is 0 Å². The minimum Gasteiger partial charge on any atom is -0.302 e. The van der Waals surface area contributed by atoms with Gasteiger partial charge in [0.25, 0.3) is 0 Å². The van der Waals surface area contributed by atoms with Gasteiger partial charge in [-0.3, -0.25) is 4.90 Å². The van der Waals surface area contributed by atoms with E-state index in [2.05, 4.69) is 35.5 Å². The molecule has 0 bridgehead atoms. The molecule has 18 heavy (non-hydrogen) atoms. The topological polar surface area (TPSA) is 9.72 Å². The summed E-state index contributed by atoms with van der Waals surface area (Å²) in [6, 6.07) is 0. The Hall–Kier alpha value is -0.120. The lowest BCUT2D eigenvalue weighted by atomic mass is 10.3. The van der Waals surface area contributed by atoms with Crippen molar-refractivity contribution in [3.05, 3.63) is 0 Å². The van der Waals surface area contributed by atoms with Crippen molar-refractivity contribution in [2.45, 2.75) is 40.0 Å². The van der Waals surface area contributed by atoms with Crippen molar-refractivity contribution in [1.29, 1.82) is 0 Å². The van der Waals surface area contributed by atoms with E-state index in [1.54, 1.807) is 0 Å². The zero-order chi connectivity index (χ0) is 13.2. The second-order valence-corrected chi connectivity index (χ2v) is 5.52. The second-order valence-electron chi connectivity index (χ2n) is 5.52. The third kappa shape index (κ3) is 6.17. The van der Waals surface area contributed by atoms with E-state index in [0.717, 1.165) is 0 Å². The van der Waals surface area contributed by atoms with Crippen molar-refractivity contribution in [3.8, 4) is 0 Å². The fraction of sp³-hybridized carbons (Fsp3) is 1.00. The van der Waals surface area contributed by atoms with Gasteiger partial charge in [0.15, 0.2) is 0 Å². The van der Waals surface area contributed by atoms with Crippen LogP contribution in [0, 0.1) is 0 Å². The molecule has 1 fully saturated rings. The summed E-state index contributed by atoms with van der Waals surface area (Å²) < 4.78 is 0. The molecule has 0 atom stereocenters. The van der Waals surface area contributed by atoms with Gasteiger partial charge in [-0.1, -0.05) is 20.8 Å². The van der Waals surface area contributed by atoms with Crippen LogP contribution in [0.5, 0.6) is 0 Å². The largest absolute Gasteiger partial charge is 0.302 e. The zero-order valence-corrected chi connectivity index (χ0v) is 12.8. The van der Waals surface area contributed by atoms with Crippen LogP contribution < -0.4 is 0 Å². The number of nitrogens with zero attached hydrogens (tertiary/aromatic N) is 3. The highest BCUT2D eigenvalue weighted by Crippen LogP contribution is 2.03. The highest BCUT2D eigenvalue weighted by Gasteiger charge is 2.16. The van der Waals surface area contributed by atoms with Crippen LogP contribution in [0.4, 0.5) is 0 Å². The smallest absolute Gasteiger partial charge is 0.0110 e. The summed E-state index contributed by atoms with van der Waals surface area (Å²) in [7, 11) is 0. The van der Waals surface area contributed by atoms with E-state index < -0.39 is 0 Å². The van der Waals surface area contributed by atoms with Crippen LogP contribution in [0.2, 0.25) is 0 Å². The van der Waals surface area contributed by atoms with Crippen molar-refractivity contribution in [2.24, 2.45) is 0 Å². The number of hydrogen-bond donors (Lipinski definition) is 0. The lowest BCUT2D eigenvalue weighted by molar-refractivity contribution is 0.118. The van der Waals surface area contributed by atoms with E-state index in [1.807, 2.05) is 0 Å². The molecule has 0 radical (unpaired) electrons. The molecule has 1 aliphatic rings. The molecule has 0 aromatic heterocycles. The summed E-state index contributed by atoms with van der Waals surface area (Å²) in [5.74, 6) is 0. The molecule has 0 aromatic carbocycles. The molecular weight excluding hydrogens is 222 g/mol. The normalized spacial score (nSPS) is 18.7. The summed E-state index contributed by atoms with van der Waals surface area (Å²) in [4.78, 5) is 7.87. The first-order chi connectivity index (χ1) is 8.80. The molecule has 0 spiro atoms. The summed E-state index contributed by atoms with van der Waals surface area (Å²) in [6.07, 6.45) is 3.86. The first kappa shape index (κ1) is 15.9. The first-order valence-electron chi connectivity index (χ1n) is 7.97. The molecule has 1 aliphatic heterocycles. The van der Waals surface area contributed by atoms with Crippen molar-refractivity contribution < 1.29 is 0 Å². The monoisotopic (exact) mass is 255 g/mol. The first-order valence-corrected chi connectivity index (χ1v) is 7.97. The zero-order valence-electron chi connectivity index (χ0n) is 12.8. The molecule has 0 aromatic rings. The SMILES string of the molecule is CCCN(CCC)CCN1CCN(CCC)CC1. The van der Waals surface area contributed by atoms with Crippen LogP contribution in [-0.4, -0.2) is 73.6 Å². The Kier molecular flexibility index (Phi) is 8.64. The van der Waals surface area contributed by atoms with Gasteiger partial charge in [0.1, 0.15) is 0 Å². The maximum Gasteiger partial charge on any atom is 0.0110 e. The molecular formula is C15H33N3. The van der Waals surface area contributed by atoms with Crippen molar-refractivity contribution in [2.75, 3.05) is 58.9 Å². The quantitative estimate of drug-likeness (QED) is 0.625. The molecule has 1 rings (SSSR count). The minimum atomic E-state index is 1.26. The minimum absolute atomic E-state index is 1.26. The summed E-state index contributed by atoms with van der Waals surface area (Å²) in [5, 5.41) is 0.